The zero-order valence-electron chi connectivity index (χ0n) is 11.7. The molecule has 1 aromatic rings. The highest BCUT2D eigenvalue weighted by molar-refractivity contribution is 5.87. The van der Waals surface area contributed by atoms with E-state index in [-0.39, 0.29) is 11.7 Å². The Labute approximate surface area is 120 Å². The van der Waals surface area contributed by atoms with Crippen molar-refractivity contribution in [2.24, 2.45) is 0 Å². The second kappa shape index (κ2) is 7.78. The number of hydrogen-bond donors (Lipinski definition) is 2. The third-order valence-corrected chi connectivity index (χ3v) is 2.40. The zero-order chi connectivity index (χ0) is 15.8. The number of hydrogen-bond acceptors (Lipinski definition) is 6. The lowest BCUT2D eigenvalue weighted by Gasteiger charge is -2.13. The molecule has 0 aliphatic carbocycles. The van der Waals surface area contributed by atoms with E-state index < -0.39 is 29.3 Å². The molecule has 0 aromatic carbocycles. The number of rotatable bonds is 7. The number of pyridine rings is 1. The Kier molecular flexibility index (Phi) is 6.05. The highest BCUT2D eigenvalue weighted by atomic mass is 16.6. The van der Waals surface area contributed by atoms with Crippen LogP contribution in [-0.4, -0.2) is 40.9 Å². The van der Waals surface area contributed by atoms with Gasteiger partial charge in [-0.15, -0.1) is 0 Å². The molecule has 0 aliphatic rings. The van der Waals surface area contributed by atoms with Gasteiger partial charge in [0.1, 0.15) is 12.2 Å². The van der Waals surface area contributed by atoms with Gasteiger partial charge in [-0.2, -0.15) is 0 Å². The molecule has 0 fully saturated rings. The topological polar surface area (TPSA) is 123 Å². The maximum atomic E-state index is 11.6. The highest BCUT2D eigenvalue weighted by Crippen LogP contribution is 2.22. The van der Waals surface area contributed by atoms with E-state index in [0.717, 1.165) is 0 Å². The Bertz CT molecular complexity index is 534. The molecule has 0 bridgehead atoms. The van der Waals surface area contributed by atoms with E-state index in [4.69, 9.17) is 4.74 Å². The number of amides is 2. The number of nitrogens with zero attached hydrogens (tertiary/aromatic N) is 2. The molecule has 0 aliphatic heterocycles. The Hall–Kier alpha value is -2.71. The van der Waals surface area contributed by atoms with Gasteiger partial charge in [0.25, 0.3) is 5.91 Å². The summed E-state index contributed by atoms with van der Waals surface area (Å²) in [4.78, 5) is 36.6. The van der Waals surface area contributed by atoms with Gasteiger partial charge in [-0.05, 0) is 35.9 Å². The monoisotopic (exact) mass is 296 g/mol. The maximum absolute atomic E-state index is 11.6. The maximum Gasteiger partial charge on any atom is 0.406 e. The van der Waals surface area contributed by atoms with Crippen LogP contribution in [0.2, 0.25) is 0 Å². The van der Waals surface area contributed by atoms with Crippen LogP contribution in [-0.2, 0) is 9.59 Å². The molecular formula is C12H16N4O5. The van der Waals surface area contributed by atoms with Gasteiger partial charge in [-0.25, -0.2) is 0 Å². The van der Waals surface area contributed by atoms with Crippen LogP contribution in [0.25, 0.3) is 0 Å². The Morgan fingerprint density at radius 3 is 2.86 bits per heavy atom. The fraction of sp³-hybridized carbons (Fsp3) is 0.417. The van der Waals surface area contributed by atoms with Crippen molar-refractivity contribution in [1.29, 1.82) is 0 Å². The molecule has 2 N–H and O–H groups in total. The first-order valence-corrected chi connectivity index (χ1v) is 6.25. The number of nitrogens with one attached hydrogen (secondary N) is 2. The van der Waals surface area contributed by atoms with E-state index in [2.05, 4.69) is 15.6 Å². The summed E-state index contributed by atoms with van der Waals surface area (Å²) in [5.74, 6) is -1.46. The number of nitro groups is 1. The summed E-state index contributed by atoms with van der Waals surface area (Å²) in [7, 11) is 0. The van der Waals surface area contributed by atoms with Crippen LogP contribution in [0, 0.1) is 10.1 Å². The van der Waals surface area contributed by atoms with Gasteiger partial charge in [0.15, 0.2) is 6.61 Å². The standard InChI is InChI=1S/C12H16N4O5/c1-3-13-12(18)8(2)15-10(17)7-21-9-5-4-6-14-11(9)16(19)20/h4-6,8H,3,7H2,1-2H3,(H,13,18)(H,15,17)/t8-/m1/s1. The summed E-state index contributed by atoms with van der Waals surface area (Å²) in [6.07, 6.45) is 1.25. The molecule has 2 amide bonds. The second-order valence-electron chi connectivity index (χ2n) is 4.05. The fourth-order valence-corrected chi connectivity index (χ4v) is 1.45. The van der Waals surface area contributed by atoms with Gasteiger partial charge in [-0.3, -0.25) is 9.59 Å². The largest absolute Gasteiger partial charge is 0.476 e. The van der Waals surface area contributed by atoms with Gasteiger partial charge >= 0.3 is 5.82 Å². The van der Waals surface area contributed by atoms with Gasteiger partial charge < -0.3 is 25.5 Å². The van der Waals surface area contributed by atoms with E-state index >= 15 is 0 Å². The minimum Gasteiger partial charge on any atom is -0.476 e. The molecule has 9 heteroatoms. The van der Waals surface area contributed by atoms with Crippen LogP contribution in [0.5, 0.6) is 5.75 Å². The van der Waals surface area contributed by atoms with Crippen molar-refractivity contribution >= 4 is 17.6 Å². The predicted octanol–water partition coefficient (Wildman–Crippen LogP) is 0.00940. The number of carbonyl (C=O) groups is 2. The molecule has 0 radical (unpaired) electrons. The summed E-state index contributed by atoms with van der Waals surface area (Å²) >= 11 is 0. The smallest absolute Gasteiger partial charge is 0.406 e. The lowest BCUT2D eigenvalue weighted by Crippen LogP contribution is -2.46. The van der Waals surface area contributed by atoms with Crippen molar-refractivity contribution in [2.45, 2.75) is 19.9 Å². The van der Waals surface area contributed by atoms with E-state index in [9.17, 15) is 19.7 Å². The summed E-state index contributed by atoms with van der Waals surface area (Å²) in [5, 5.41) is 15.7. The second-order valence-corrected chi connectivity index (χ2v) is 4.05. The van der Waals surface area contributed by atoms with Crippen molar-refractivity contribution in [2.75, 3.05) is 13.2 Å². The predicted molar refractivity (Wildman–Crippen MR) is 72.7 cm³/mol. The van der Waals surface area contributed by atoms with Crippen molar-refractivity contribution < 1.29 is 19.2 Å². The van der Waals surface area contributed by atoms with Gasteiger partial charge in [0.05, 0.1) is 0 Å². The molecule has 9 nitrogen and oxygen atoms in total. The van der Waals surface area contributed by atoms with E-state index in [1.165, 1.54) is 25.3 Å². The van der Waals surface area contributed by atoms with Crippen molar-refractivity contribution in [1.82, 2.24) is 15.6 Å². The van der Waals surface area contributed by atoms with E-state index in [1.54, 1.807) is 6.92 Å². The van der Waals surface area contributed by atoms with Gasteiger partial charge in [-0.1, -0.05) is 0 Å². The summed E-state index contributed by atoms with van der Waals surface area (Å²) in [6, 6.07) is 2.08. The Morgan fingerprint density at radius 1 is 1.52 bits per heavy atom. The van der Waals surface area contributed by atoms with Crippen molar-refractivity contribution in [3.05, 3.63) is 28.4 Å². The number of ether oxygens (including phenoxy) is 1. The molecule has 0 spiro atoms. The van der Waals surface area contributed by atoms with Crippen LogP contribution in [0.4, 0.5) is 5.82 Å². The zero-order valence-corrected chi connectivity index (χ0v) is 11.7. The normalized spacial score (nSPS) is 11.3. The average molecular weight is 296 g/mol. The molecule has 0 saturated heterocycles. The van der Waals surface area contributed by atoms with E-state index in [1.807, 2.05) is 0 Å². The van der Waals surface area contributed by atoms with Crippen LogP contribution >= 0.6 is 0 Å². The minimum absolute atomic E-state index is 0.108. The number of likely N-dealkylation sites (N-methyl/N-ethyl adjacent to an activating group) is 1. The van der Waals surface area contributed by atoms with Crippen LogP contribution in [0.1, 0.15) is 13.8 Å². The van der Waals surface area contributed by atoms with Gasteiger partial charge in [0, 0.05) is 6.54 Å². The quantitative estimate of drug-likeness (QED) is 0.539. The SMILES string of the molecule is CCNC(=O)[C@@H](C)NC(=O)COc1cccnc1[N+](=O)[O-]. The Balaban J connectivity index is 2.54. The molecule has 114 valence electrons. The van der Waals surface area contributed by atoms with E-state index in [0.29, 0.717) is 6.54 Å². The molecule has 0 saturated carbocycles. The first-order chi connectivity index (χ1) is 9.95. The molecule has 0 unspecified atom stereocenters. The molecular weight excluding hydrogens is 280 g/mol. The molecule has 1 aromatic heterocycles. The first-order valence-electron chi connectivity index (χ1n) is 6.25. The highest BCUT2D eigenvalue weighted by Gasteiger charge is 2.18. The third-order valence-electron chi connectivity index (χ3n) is 2.40. The first kappa shape index (κ1) is 16.3. The van der Waals surface area contributed by atoms with Crippen LogP contribution in [0.3, 0.4) is 0 Å². The molecule has 1 atom stereocenters. The van der Waals surface area contributed by atoms with Crippen LogP contribution < -0.4 is 15.4 Å². The Morgan fingerprint density at radius 2 is 2.24 bits per heavy atom. The lowest BCUT2D eigenvalue weighted by atomic mass is 10.3. The third kappa shape index (κ3) is 5.05. The van der Waals surface area contributed by atoms with Crippen molar-refractivity contribution in [3.63, 3.8) is 0 Å². The number of aromatic nitrogens is 1. The van der Waals surface area contributed by atoms with Gasteiger partial charge in [0.2, 0.25) is 11.7 Å². The molecule has 21 heavy (non-hydrogen) atoms. The minimum atomic E-state index is -0.718. The summed E-state index contributed by atoms with van der Waals surface area (Å²) < 4.78 is 5.05. The summed E-state index contributed by atoms with van der Waals surface area (Å²) in [5.41, 5.74) is 0. The molecule has 1 rings (SSSR count). The average Bonchev–Trinajstić information content (AvgIpc) is 2.45. The number of carbonyl (C=O) groups excluding carboxylic acids is 2. The summed E-state index contributed by atoms with van der Waals surface area (Å²) in [6.45, 7) is 3.29. The fourth-order valence-electron chi connectivity index (χ4n) is 1.45. The molecule has 1 heterocycles. The van der Waals surface area contributed by atoms with Crippen LogP contribution in [0.15, 0.2) is 18.3 Å². The lowest BCUT2D eigenvalue weighted by molar-refractivity contribution is -0.390. The van der Waals surface area contributed by atoms with Crippen molar-refractivity contribution in [3.8, 4) is 5.75 Å².